The van der Waals surface area contributed by atoms with Crippen LogP contribution in [-0.4, -0.2) is 64.1 Å². The Morgan fingerprint density at radius 1 is 1.16 bits per heavy atom. The molecule has 0 bridgehead atoms. The van der Waals surface area contributed by atoms with Gasteiger partial charge in [-0.2, -0.15) is 20.3 Å². The van der Waals surface area contributed by atoms with Gasteiger partial charge in [-0.3, -0.25) is 4.79 Å². The van der Waals surface area contributed by atoms with Gasteiger partial charge >= 0.3 is 5.97 Å². The molecule has 1 unspecified atom stereocenters. The topological polar surface area (TPSA) is 100 Å². The average Bonchev–Trinajstić information content (AvgIpc) is 3.33. The van der Waals surface area contributed by atoms with Gasteiger partial charge in [-0.05, 0) is 32.6 Å². The predicted molar refractivity (Wildman–Crippen MR) is 92.5 cm³/mol. The van der Waals surface area contributed by atoms with Gasteiger partial charge in [0, 0.05) is 26.2 Å². The summed E-state index contributed by atoms with van der Waals surface area (Å²) in [6.45, 7) is 5.62. The van der Waals surface area contributed by atoms with Crippen molar-refractivity contribution >= 4 is 28.9 Å². The highest BCUT2D eigenvalue weighted by molar-refractivity contribution is 5.84. The highest BCUT2D eigenvalue weighted by atomic mass is 16.5. The molecule has 2 aliphatic rings. The monoisotopic (exact) mass is 345 g/mol. The Morgan fingerprint density at radius 2 is 1.96 bits per heavy atom. The molecule has 0 radical (unpaired) electrons. The van der Waals surface area contributed by atoms with Crippen molar-refractivity contribution in [2.24, 2.45) is 5.92 Å². The molecule has 1 N–H and O–H groups in total. The van der Waals surface area contributed by atoms with Gasteiger partial charge in [0.05, 0.1) is 12.5 Å². The minimum Gasteiger partial charge on any atom is -0.466 e. The van der Waals surface area contributed by atoms with Gasteiger partial charge in [-0.15, -0.1) is 5.10 Å². The first-order valence-corrected chi connectivity index (χ1v) is 9.01. The number of aromatic amines is 1. The highest BCUT2D eigenvalue weighted by Gasteiger charge is 2.29. The van der Waals surface area contributed by atoms with E-state index in [1.54, 1.807) is 0 Å². The summed E-state index contributed by atoms with van der Waals surface area (Å²) < 4.78 is 5.19. The average molecular weight is 345 g/mol. The van der Waals surface area contributed by atoms with Crippen LogP contribution in [0, 0.1) is 5.92 Å². The van der Waals surface area contributed by atoms with E-state index in [0.717, 1.165) is 51.1 Å². The van der Waals surface area contributed by atoms with Crippen LogP contribution in [0.25, 0.3) is 11.2 Å². The lowest BCUT2D eigenvalue weighted by Gasteiger charge is -2.32. The molecule has 4 rings (SSSR count). The molecule has 2 aromatic rings. The molecule has 2 aliphatic heterocycles. The van der Waals surface area contributed by atoms with E-state index in [0.29, 0.717) is 30.3 Å². The van der Waals surface area contributed by atoms with E-state index in [4.69, 9.17) is 9.72 Å². The number of nitrogens with one attached hydrogen (secondary N) is 1. The third-order valence-electron chi connectivity index (χ3n) is 4.88. The molecule has 0 aromatic carbocycles. The second kappa shape index (κ2) is 6.81. The third-order valence-corrected chi connectivity index (χ3v) is 4.88. The van der Waals surface area contributed by atoms with Crippen molar-refractivity contribution < 1.29 is 9.53 Å². The number of hydrogen-bond donors (Lipinski definition) is 1. The maximum Gasteiger partial charge on any atom is 0.310 e. The van der Waals surface area contributed by atoms with Gasteiger partial charge in [0.2, 0.25) is 11.6 Å². The zero-order chi connectivity index (χ0) is 17.2. The number of carbonyl (C=O) groups is 1. The molecule has 0 aliphatic carbocycles. The molecule has 2 aromatic heterocycles. The summed E-state index contributed by atoms with van der Waals surface area (Å²) in [5, 5.41) is 11.0. The first-order valence-electron chi connectivity index (χ1n) is 9.01. The van der Waals surface area contributed by atoms with Crippen molar-refractivity contribution in [3.8, 4) is 0 Å². The maximum absolute atomic E-state index is 12.1. The number of H-pyrrole nitrogens is 1. The van der Waals surface area contributed by atoms with E-state index in [1.165, 1.54) is 0 Å². The van der Waals surface area contributed by atoms with Gasteiger partial charge in [-0.1, -0.05) is 0 Å². The summed E-state index contributed by atoms with van der Waals surface area (Å²) in [5.74, 6) is 1.21. The summed E-state index contributed by atoms with van der Waals surface area (Å²) >= 11 is 0. The second-order valence-corrected chi connectivity index (χ2v) is 6.57. The van der Waals surface area contributed by atoms with Crippen LogP contribution in [0.15, 0.2) is 0 Å². The zero-order valence-electron chi connectivity index (χ0n) is 14.4. The molecule has 0 amide bonds. The van der Waals surface area contributed by atoms with Crippen molar-refractivity contribution in [1.82, 2.24) is 25.4 Å². The van der Waals surface area contributed by atoms with Crippen molar-refractivity contribution in [1.29, 1.82) is 0 Å². The summed E-state index contributed by atoms with van der Waals surface area (Å²) in [5.41, 5.74) is 1.29. The van der Waals surface area contributed by atoms with Gasteiger partial charge in [0.15, 0.2) is 11.3 Å². The number of carbonyl (C=O) groups excluding carboxylic acids is 1. The summed E-state index contributed by atoms with van der Waals surface area (Å²) in [7, 11) is 0. The summed E-state index contributed by atoms with van der Waals surface area (Å²) in [4.78, 5) is 25.8. The number of rotatable bonds is 4. The number of esters is 1. The molecule has 0 spiro atoms. The Hall–Kier alpha value is -2.45. The van der Waals surface area contributed by atoms with Crippen molar-refractivity contribution in [2.75, 3.05) is 42.6 Å². The van der Waals surface area contributed by atoms with Gasteiger partial charge in [-0.25, -0.2) is 0 Å². The number of piperidine rings is 1. The predicted octanol–water partition coefficient (Wildman–Crippen LogP) is 1.13. The van der Waals surface area contributed by atoms with Crippen LogP contribution in [0.1, 0.15) is 32.6 Å². The standard InChI is InChI=1S/C16H23N7O2/c1-2-25-15(24)11-6-5-9-23(10-11)16-17-13-12(19-21-20-13)14(18-16)22-7-3-4-8-22/h11H,2-10H2,1H3,(H,17,18,19,20,21). The van der Waals surface area contributed by atoms with Crippen molar-refractivity contribution in [2.45, 2.75) is 32.6 Å². The van der Waals surface area contributed by atoms with E-state index < -0.39 is 0 Å². The van der Waals surface area contributed by atoms with E-state index in [9.17, 15) is 4.79 Å². The van der Waals surface area contributed by atoms with Crippen LogP contribution in [0.3, 0.4) is 0 Å². The van der Waals surface area contributed by atoms with Crippen LogP contribution in [0.2, 0.25) is 0 Å². The van der Waals surface area contributed by atoms with Crippen LogP contribution in [0.5, 0.6) is 0 Å². The molecular weight excluding hydrogens is 322 g/mol. The zero-order valence-corrected chi connectivity index (χ0v) is 14.4. The minimum atomic E-state index is -0.130. The smallest absolute Gasteiger partial charge is 0.310 e. The number of aromatic nitrogens is 5. The molecule has 2 fully saturated rings. The quantitative estimate of drug-likeness (QED) is 0.823. The molecule has 4 heterocycles. The number of hydrogen-bond acceptors (Lipinski definition) is 8. The van der Waals surface area contributed by atoms with E-state index in [1.807, 2.05) is 6.92 Å². The fraction of sp³-hybridized carbons (Fsp3) is 0.688. The largest absolute Gasteiger partial charge is 0.466 e. The van der Waals surface area contributed by atoms with Crippen molar-refractivity contribution in [3.05, 3.63) is 0 Å². The van der Waals surface area contributed by atoms with Crippen LogP contribution in [0.4, 0.5) is 11.8 Å². The molecule has 2 saturated heterocycles. The SMILES string of the molecule is CCOC(=O)C1CCCN(c2nc(N3CCCC3)c3n[nH]nc3n2)C1. The fourth-order valence-corrected chi connectivity index (χ4v) is 3.62. The number of ether oxygens (including phenoxy) is 1. The molecule has 0 saturated carbocycles. The lowest BCUT2D eigenvalue weighted by molar-refractivity contribution is -0.148. The third kappa shape index (κ3) is 3.10. The Bertz CT molecular complexity index is 756. The first kappa shape index (κ1) is 16.0. The molecule has 1 atom stereocenters. The van der Waals surface area contributed by atoms with E-state index in [-0.39, 0.29) is 11.9 Å². The number of nitrogens with zero attached hydrogens (tertiary/aromatic N) is 6. The normalized spacial score (nSPS) is 21.1. The minimum absolute atomic E-state index is 0.124. The molecular formula is C16H23N7O2. The highest BCUT2D eigenvalue weighted by Crippen LogP contribution is 2.28. The Kier molecular flexibility index (Phi) is 4.37. The fourth-order valence-electron chi connectivity index (χ4n) is 3.62. The summed E-state index contributed by atoms with van der Waals surface area (Å²) in [6.07, 6.45) is 4.09. The van der Waals surface area contributed by atoms with Gasteiger partial charge in [0.1, 0.15) is 0 Å². The van der Waals surface area contributed by atoms with Gasteiger partial charge in [0.25, 0.3) is 0 Å². The summed E-state index contributed by atoms with van der Waals surface area (Å²) in [6, 6.07) is 0. The van der Waals surface area contributed by atoms with Crippen LogP contribution in [-0.2, 0) is 9.53 Å². The Balaban J connectivity index is 1.63. The second-order valence-electron chi connectivity index (χ2n) is 6.57. The first-order chi connectivity index (χ1) is 12.3. The lowest BCUT2D eigenvalue weighted by Crippen LogP contribution is -2.40. The Labute approximate surface area is 145 Å². The van der Waals surface area contributed by atoms with Crippen LogP contribution < -0.4 is 9.80 Å². The molecule has 9 heteroatoms. The maximum atomic E-state index is 12.1. The lowest BCUT2D eigenvalue weighted by atomic mass is 9.98. The number of fused-ring (bicyclic) bond motifs is 1. The number of anilines is 2. The molecule has 25 heavy (non-hydrogen) atoms. The van der Waals surface area contributed by atoms with Crippen LogP contribution >= 0.6 is 0 Å². The molecule has 9 nitrogen and oxygen atoms in total. The Morgan fingerprint density at radius 3 is 2.76 bits per heavy atom. The van der Waals surface area contributed by atoms with E-state index in [2.05, 4.69) is 30.2 Å². The van der Waals surface area contributed by atoms with Crippen molar-refractivity contribution in [3.63, 3.8) is 0 Å². The molecule has 134 valence electrons. The van der Waals surface area contributed by atoms with Gasteiger partial charge < -0.3 is 14.5 Å². The van der Waals surface area contributed by atoms with E-state index >= 15 is 0 Å².